The number of benzene rings is 1. The highest BCUT2D eigenvalue weighted by atomic mass is 35.5. The van der Waals surface area contributed by atoms with Crippen LogP contribution in [0.4, 0.5) is 0 Å². The zero-order chi connectivity index (χ0) is 14.2. The molecule has 2 nitrogen and oxygen atoms in total. The molecule has 0 N–H and O–H groups in total. The van der Waals surface area contributed by atoms with Crippen molar-refractivity contribution < 1.29 is 0 Å². The molecule has 0 amide bonds. The van der Waals surface area contributed by atoms with Crippen LogP contribution in [-0.2, 0) is 0 Å². The number of halogens is 1. The summed E-state index contributed by atoms with van der Waals surface area (Å²) in [6.07, 6.45) is 4.64. The van der Waals surface area contributed by atoms with Gasteiger partial charge in [0.2, 0.25) is 0 Å². The van der Waals surface area contributed by atoms with Gasteiger partial charge in [-0.2, -0.15) is 0 Å². The van der Waals surface area contributed by atoms with Crippen LogP contribution in [0, 0.1) is 0 Å². The molecule has 1 atom stereocenters. The normalized spacial score (nSPS) is 20.8. The summed E-state index contributed by atoms with van der Waals surface area (Å²) in [5.41, 5.74) is 3.46. The maximum absolute atomic E-state index is 6.08. The largest absolute Gasteiger partial charge is 0.282 e. The average molecular weight is 285 g/mol. The van der Waals surface area contributed by atoms with Crippen molar-refractivity contribution in [3.05, 3.63) is 64.9 Å². The van der Waals surface area contributed by atoms with E-state index in [9.17, 15) is 0 Å². The Morgan fingerprint density at radius 2 is 1.90 bits per heavy atom. The smallest absolute Gasteiger partial charge is 0.0627 e. The predicted octanol–water partition coefficient (Wildman–Crippen LogP) is 4.49. The maximum Gasteiger partial charge on any atom is 0.0627 e. The molecule has 0 spiro atoms. The Hall–Kier alpha value is -1.67. The Morgan fingerprint density at radius 1 is 1.15 bits per heavy atom. The first-order valence-corrected chi connectivity index (χ1v) is 7.19. The van der Waals surface area contributed by atoms with Crippen molar-refractivity contribution in [2.45, 2.75) is 31.7 Å². The summed E-state index contributed by atoms with van der Waals surface area (Å²) in [5.74, 6) is 0.388. The highest BCUT2D eigenvalue weighted by Crippen LogP contribution is 2.41. The molecule has 0 fully saturated rings. The van der Waals surface area contributed by atoms with Crippen LogP contribution in [0.25, 0.3) is 0 Å². The minimum Gasteiger partial charge on any atom is -0.282 e. The Kier molecular flexibility index (Phi) is 3.35. The zero-order valence-electron chi connectivity index (χ0n) is 11.7. The van der Waals surface area contributed by atoms with Gasteiger partial charge in [-0.25, -0.2) is 0 Å². The maximum atomic E-state index is 6.08. The van der Waals surface area contributed by atoms with Gasteiger partial charge < -0.3 is 0 Å². The molecule has 1 aromatic heterocycles. The molecule has 1 aliphatic rings. The van der Waals surface area contributed by atoms with Crippen LogP contribution >= 0.6 is 11.6 Å². The lowest BCUT2D eigenvalue weighted by Gasteiger charge is -2.24. The third-order valence-corrected chi connectivity index (χ3v) is 4.17. The summed E-state index contributed by atoms with van der Waals surface area (Å²) in [6.45, 7) is 4.38. The van der Waals surface area contributed by atoms with Crippen molar-refractivity contribution in [1.29, 1.82) is 0 Å². The summed E-state index contributed by atoms with van der Waals surface area (Å²) in [6, 6.07) is 12.1. The summed E-state index contributed by atoms with van der Waals surface area (Å²) >= 11 is 6.08. The summed E-state index contributed by atoms with van der Waals surface area (Å²) in [7, 11) is 0. The van der Waals surface area contributed by atoms with Gasteiger partial charge in [0.05, 0.1) is 5.54 Å². The lowest BCUT2D eigenvalue weighted by atomic mass is 9.82. The topological polar surface area (TPSA) is 25.2 Å². The van der Waals surface area contributed by atoms with Crippen molar-refractivity contribution in [2.75, 3.05) is 0 Å². The quantitative estimate of drug-likeness (QED) is 0.797. The molecule has 3 rings (SSSR count). The van der Waals surface area contributed by atoms with Gasteiger partial charge in [0, 0.05) is 29.0 Å². The van der Waals surface area contributed by atoms with E-state index in [1.54, 1.807) is 0 Å². The Balaban J connectivity index is 1.94. The molecular weight excluding hydrogens is 268 g/mol. The lowest BCUT2D eigenvalue weighted by Crippen LogP contribution is -2.22. The fraction of sp³-hybridized carbons (Fsp3) is 0.294. The minimum absolute atomic E-state index is 0.0982. The number of rotatable bonds is 2. The van der Waals surface area contributed by atoms with E-state index in [4.69, 9.17) is 16.6 Å². The van der Waals surface area contributed by atoms with Crippen molar-refractivity contribution in [3.63, 3.8) is 0 Å². The van der Waals surface area contributed by atoms with Crippen LogP contribution in [0.15, 0.2) is 53.8 Å². The summed E-state index contributed by atoms with van der Waals surface area (Å²) in [5, 5.41) is 0.760. The third-order valence-electron chi connectivity index (χ3n) is 3.94. The van der Waals surface area contributed by atoms with Crippen LogP contribution in [-0.4, -0.2) is 16.2 Å². The second-order valence-corrected chi connectivity index (χ2v) is 6.20. The van der Waals surface area contributed by atoms with Crippen LogP contribution < -0.4 is 0 Å². The molecule has 1 aromatic carbocycles. The zero-order valence-corrected chi connectivity index (χ0v) is 12.4. The first-order valence-electron chi connectivity index (χ1n) is 6.81. The van der Waals surface area contributed by atoms with E-state index >= 15 is 0 Å². The van der Waals surface area contributed by atoms with Crippen LogP contribution in [0.2, 0.25) is 5.02 Å². The van der Waals surface area contributed by atoms with E-state index in [0.29, 0.717) is 5.92 Å². The van der Waals surface area contributed by atoms with Gasteiger partial charge in [0.25, 0.3) is 0 Å². The van der Waals surface area contributed by atoms with Crippen molar-refractivity contribution in [3.8, 4) is 0 Å². The standard InChI is InChI=1S/C17H17ClN2/c1-17(2)15(12-6-8-19-9-7-12)11-16(20-17)13-4-3-5-14(18)10-13/h3-10,15H,11H2,1-2H3. The van der Waals surface area contributed by atoms with Gasteiger partial charge >= 0.3 is 0 Å². The van der Waals surface area contributed by atoms with Crippen LogP contribution in [0.5, 0.6) is 0 Å². The van der Waals surface area contributed by atoms with E-state index in [-0.39, 0.29) is 5.54 Å². The van der Waals surface area contributed by atoms with Crippen LogP contribution in [0.1, 0.15) is 37.3 Å². The molecule has 1 unspecified atom stereocenters. The van der Waals surface area contributed by atoms with Crippen molar-refractivity contribution in [2.24, 2.45) is 4.99 Å². The first kappa shape index (κ1) is 13.3. The Labute approximate surface area is 124 Å². The molecule has 0 saturated heterocycles. The van der Waals surface area contributed by atoms with Gasteiger partial charge in [-0.3, -0.25) is 9.98 Å². The second kappa shape index (κ2) is 5.02. The number of aromatic nitrogens is 1. The van der Waals surface area contributed by atoms with Gasteiger partial charge in [0.1, 0.15) is 0 Å². The average Bonchev–Trinajstić information content (AvgIpc) is 2.76. The molecule has 102 valence electrons. The van der Waals surface area contributed by atoms with Gasteiger partial charge in [-0.05, 0) is 55.7 Å². The van der Waals surface area contributed by atoms with E-state index in [0.717, 1.165) is 22.7 Å². The Morgan fingerprint density at radius 3 is 2.60 bits per heavy atom. The number of hydrogen-bond donors (Lipinski definition) is 0. The van der Waals surface area contributed by atoms with Crippen molar-refractivity contribution in [1.82, 2.24) is 4.98 Å². The summed E-state index contributed by atoms with van der Waals surface area (Å²) < 4.78 is 0. The van der Waals surface area contributed by atoms with Gasteiger partial charge in [-0.15, -0.1) is 0 Å². The fourth-order valence-corrected chi connectivity index (χ4v) is 3.08. The van der Waals surface area contributed by atoms with E-state index < -0.39 is 0 Å². The minimum atomic E-state index is -0.0982. The van der Waals surface area contributed by atoms with E-state index in [2.05, 4.69) is 37.0 Å². The molecule has 3 heteroatoms. The van der Waals surface area contributed by atoms with Crippen LogP contribution in [0.3, 0.4) is 0 Å². The number of hydrogen-bond acceptors (Lipinski definition) is 2. The Bertz CT molecular complexity index is 647. The molecule has 0 radical (unpaired) electrons. The number of pyridine rings is 1. The molecule has 0 saturated carbocycles. The molecule has 2 heterocycles. The highest BCUT2D eigenvalue weighted by molar-refractivity contribution is 6.31. The SMILES string of the molecule is CC1(C)N=C(c2cccc(Cl)c2)CC1c1ccncc1. The molecule has 2 aromatic rings. The first-order chi connectivity index (χ1) is 9.56. The number of aliphatic imine (C=N–C) groups is 1. The molecule has 0 bridgehead atoms. The highest BCUT2D eigenvalue weighted by Gasteiger charge is 2.37. The molecule has 1 aliphatic heterocycles. The lowest BCUT2D eigenvalue weighted by molar-refractivity contribution is 0.452. The fourth-order valence-electron chi connectivity index (χ4n) is 2.89. The van der Waals surface area contributed by atoms with Gasteiger partial charge in [-0.1, -0.05) is 23.7 Å². The second-order valence-electron chi connectivity index (χ2n) is 5.76. The molecule has 20 heavy (non-hydrogen) atoms. The number of nitrogens with zero attached hydrogens (tertiary/aromatic N) is 2. The predicted molar refractivity (Wildman–Crippen MR) is 83.7 cm³/mol. The van der Waals surface area contributed by atoms with Crippen molar-refractivity contribution >= 4 is 17.3 Å². The van der Waals surface area contributed by atoms with E-state index in [1.807, 2.05) is 30.6 Å². The molecule has 0 aliphatic carbocycles. The molecular formula is C17H17ClN2. The van der Waals surface area contributed by atoms with E-state index in [1.165, 1.54) is 5.56 Å². The van der Waals surface area contributed by atoms with Gasteiger partial charge in [0.15, 0.2) is 0 Å². The summed E-state index contributed by atoms with van der Waals surface area (Å²) in [4.78, 5) is 9.03. The third kappa shape index (κ3) is 2.48. The monoisotopic (exact) mass is 284 g/mol.